The third kappa shape index (κ3) is 3.18. The summed E-state index contributed by atoms with van der Waals surface area (Å²) in [7, 11) is 0. The standard InChI is InChI=1S/C20H18N6O4S/c1-11-4-15(24-7-13(8-24)26-6-12(10-27)5-22-26)23-18-16(11)17(28)14(19(29)30)9-25(18)20-21-2-3-31-20/h2-6,9,13,27H,7-8,10H2,1H3,(H,29,30). The summed E-state index contributed by atoms with van der Waals surface area (Å²) >= 11 is 1.33. The molecule has 4 aromatic rings. The molecule has 1 aliphatic heterocycles. The maximum atomic E-state index is 12.8. The van der Waals surface area contributed by atoms with Crippen molar-refractivity contribution in [2.24, 2.45) is 0 Å². The summed E-state index contributed by atoms with van der Waals surface area (Å²) < 4.78 is 3.40. The maximum absolute atomic E-state index is 12.8. The van der Waals surface area contributed by atoms with Crippen molar-refractivity contribution in [1.82, 2.24) is 24.3 Å². The molecule has 0 spiro atoms. The maximum Gasteiger partial charge on any atom is 0.341 e. The molecule has 0 bridgehead atoms. The normalized spacial score (nSPS) is 14.2. The molecule has 10 nitrogen and oxygen atoms in total. The summed E-state index contributed by atoms with van der Waals surface area (Å²) in [6.07, 6.45) is 6.38. The van der Waals surface area contributed by atoms with Gasteiger partial charge < -0.3 is 15.1 Å². The average molecular weight is 438 g/mol. The van der Waals surface area contributed by atoms with Crippen LogP contribution in [0.25, 0.3) is 16.2 Å². The zero-order valence-electron chi connectivity index (χ0n) is 16.5. The van der Waals surface area contributed by atoms with Gasteiger partial charge in [-0.2, -0.15) is 5.10 Å². The highest BCUT2D eigenvalue weighted by Crippen LogP contribution is 2.30. The van der Waals surface area contributed by atoms with Crippen molar-refractivity contribution in [2.45, 2.75) is 19.6 Å². The van der Waals surface area contributed by atoms with Crippen LogP contribution in [0, 0.1) is 6.92 Å². The monoisotopic (exact) mass is 438 g/mol. The topological polar surface area (TPSA) is 126 Å². The predicted octanol–water partition coefficient (Wildman–Crippen LogP) is 1.60. The van der Waals surface area contributed by atoms with Crippen molar-refractivity contribution in [3.8, 4) is 5.13 Å². The highest BCUT2D eigenvalue weighted by Gasteiger charge is 2.31. The summed E-state index contributed by atoms with van der Waals surface area (Å²) in [6.45, 7) is 3.10. The van der Waals surface area contributed by atoms with Gasteiger partial charge in [0.05, 0.1) is 24.2 Å². The van der Waals surface area contributed by atoms with Gasteiger partial charge in [-0.3, -0.25) is 14.0 Å². The summed E-state index contributed by atoms with van der Waals surface area (Å²) in [4.78, 5) is 35.5. The zero-order valence-corrected chi connectivity index (χ0v) is 17.3. The molecular weight excluding hydrogens is 420 g/mol. The van der Waals surface area contributed by atoms with Gasteiger partial charge in [-0.25, -0.2) is 14.8 Å². The second-order valence-corrected chi connectivity index (χ2v) is 8.28. The van der Waals surface area contributed by atoms with Gasteiger partial charge >= 0.3 is 5.97 Å². The molecule has 31 heavy (non-hydrogen) atoms. The van der Waals surface area contributed by atoms with Gasteiger partial charge in [0.1, 0.15) is 11.4 Å². The molecule has 1 aliphatic rings. The Balaban J connectivity index is 1.57. The Bertz CT molecular complexity index is 1350. The molecule has 0 aliphatic carbocycles. The Kier molecular flexibility index (Phi) is 4.56. The number of carboxylic acids is 1. The van der Waals surface area contributed by atoms with Crippen LogP contribution in [0.4, 0.5) is 5.82 Å². The van der Waals surface area contributed by atoms with Crippen LogP contribution in [-0.2, 0) is 6.61 Å². The van der Waals surface area contributed by atoms with Gasteiger partial charge in [0.25, 0.3) is 0 Å². The molecule has 0 unspecified atom stereocenters. The molecule has 0 saturated carbocycles. The fourth-order valence-electron chi connectivity index (χ4n) is 3.74. The second kappa shape index (κ2) is 7.29. The van der Waals surface area contributed by atoms with Crippen molar-refractivity contribution in [2.75, 3.05) is 18.0 Å². The molecule has 0 atom stereocenters. The molecule has 11 heteroatoms. The molecular formula is C20H18N6O4S. The number of aromatic carboxylic acids is 1. The minimum atomic E-state index is -1.28. The number of anilines is 1. The average Bonchev–Trinajstić information content (AvgIpc) is 3.38. The lowest BCUT2D eigenvalue weighted by Gasteiger charge is -2.40. The van der Waals surface area contributed by atoms with E-state index in [1.165, 1.54) is 17.5 Å². The van der Waals surface area contributed by atoms with Gasteiger partial charge in [-0.1, -0.05) is 0 Å². The van der Waals surface area contributed by atoms with E-state index < -0.39 is 11.4 Å². The molecule has 1 saturated heterocycles. The van der Waals surface area contributed by atoms with E-state index in [0.29, 0.717) is 35.2 Å². The highest BCUT2D eigenvalue weighted by molar-refractivity contribution is 7.12. The Hall–Kier alpha value is -3.57. The lowest BCUT2D eigenvalue weighted by atomic mass is 10.1. The minimum absolute atomic E-state index is 0.0471. The lowest BCUT2D eigenvalue weighted by molar-refractivity contribution is 0.0695. The summed E-state index contributed by atoms with van der Waals surface area (Å²) in [6, 6.07) is 1.97. The van der Waals surface area contributed by atoms with Crippen LogP contribution >= 0.6 is 11.3 Å². The van der Waals surface area contributed by atoms with Gasteiger partial charge in [-0.15, -0.1) is 11.3 Å². The molecule has 0 aromatic carbocycles. The number of rotatable bonds is 5. The van der Waals surface area contributed by atoms with E-state index in [-0.39, 0.29) is 23.6 Å². The summed E-state index contributed by atoms with van der Waals surface area (Å²) in [5.41, 5.74) is 0.928. The number of aliphatic hydroxyl groups excluding tert-OH is 1. The molecule has 5 heterocycles. The molecule has 1 fully saturated rings. The van der Waals surface area contributed by atoms with E-state index >= 15 is 0 Å². The number of aliphatic hydroxyl groups is 1. The van der Waals surface area contributed by atoms with E-state index in [9.17, 15) is 19.8 Å². The van der Waals surface area contributed by atoms with Crippen molar-refractivity contribution in [1.29, 1.82) is 0 Å². The number of carboxylic acid groups (broad SMARTS) is 1. The lowest BCUT2D eigenvalue weighted by Crippen LogP contribution is -2.48. The number of nitrogens with zero attached hydrogens (tertiary/aromatic N) is 6. The van der Waals surface area contributed by atoms with Crippen LogP contribution in [0.1, 0.15) is 27.5 Å². The van der Waals surface area contributed by atoms with E-state index in [2.05, 4.69) is 15.0 Å². The number of aryl methyl sites for hydroxylation is 1. The van der Waals surface area contributed by atoms with E-state index in [4.69, 9.17) is 4.98 Å². The number of hydrogen-bond donors (Lipinski definition) is 2. The third-order valence-corrected chi connectivity index (χ3v) is 6.17. The molecule has 158 valence electrons. The van der Waals surface area contributed by atoms with Crippen LogP contribution in [0.2, 0.25) is 0 Å². The molecule has 2 N–H and O–H groups in total. The largest absolute Gasteiger partial charge is 0.477 e. The van der Waals surface area contributed by atoms with Crippen molar-refractivity contribution in [3.05, 3.63) is 63.1 Å². The van der Waals surface area contributed by atoms with Gasteiger partial charge in [0.15, 0.2) is 10.8 Å². The molecule has 5 rings (SSSR count). The quantitative estimate of drug-likeness (QED) is 0.481. The number of thiazole rings is 1. The smallest absolute Gasteiger partial charge is 0.341 e. The van der Waals surface area contributed by atoms with Crippen LogP contribution in [0.3, 0.4) is 0 Å². The molecule has 0 radical (unpaired) electrons. The summed E-state index contributed by atoms with van der Waals surface area (Å²) in [5.74, 6) is -0.587. The van der Waals surface area contributed by atoms with Gasteiger partial charge in [-0.05, 0) is 18.6 Å². The van der Waals surface area contributed by atoms with Crippen molar-refractivity contribution in [3.63, 3.8) is 0 Å². The van der Waals surface area contributed by atoms with E-state index in [1.807, 2.05) is 10.9 Å². The van der Waals surface area contributed by atoms with E-state index in [1.54, 1.807) is 35.3 Å². The Morgan fingerprint density at radius 2 is 2.13 bits per heavy atom. The van der Waals surface area contributed by atoms with Crippen LogP contribution < -0.4 is 10.3 Å². The molecule has 4 aromatic heterocycles. The fourth-order valence-corrected chi connectivity index (χ4v) is 4.36. The first-order valence-corrected chi connectivity index (χ1v) is 10.4. The van der Waals surface area contributed by atoms with Gasteiger partial charge in [0, 0.05) is 42.6 Å². The van der Waals surface area contributed by atoms with E-state index in [0.717, 1.165) is 5.56 Å². The van der Waals surface area contributed by atoms with Gasteiger partial charge in [0.2, 0.25) is 5.43 Å². The zero-order chi connectivity index (χ0) is 21.7. The Labute approximate surface area is 179 Å². The van der Waals surface area contributed by atoms with Crippen LogP contribution in [-0.4, -0.2) is 53.6 Å². The highest BCUT2D eigenvalue weighted by atomic mass is 32.1. The number of aromatic nitrogens is 5. The number of fused-ring (bicyclic) bond motifs is 1. The Morgan fingerprint density at radius 1 is 1.32 bits per heavy atom. The SMILES string of the molecule is Cc1cc(N2CC(n3cc(CO)cn3)C2)nc2c1c(=O)c(C(=O)O)cn2-c1nccs1. The summed E-state index contributed by atoms with van der Waals surface area (Å²) in [5, 5.41) is 25.6. The van der Waals surface area contributed by atoms with Crippen molar-refractivity contribution < 1.29 is 15.0 Å². The number of hydrogen-bond acceptors (Lipinski definition) is 8. The first-order chi connectivity index (χ1) is 15.0. The van der Waals surface area contributed by atoms with Crippen molar-refractivity contribution >= 4 is 34.2 Å². The first kappa shape index (κ1) is 19.4. The second-order valence-electron chi connectivity index (χ2n) is 7.40. The fraction of sp³-hybridized carbons (Fsp3) is 0.250. The van der Waals surface area contributed by atoms with Crippen LogP contribution in [0.5, 0.6) is 0 Å². The minimum Gasteiger partial charge on any atom is -0.477 e. The molecule has 0 amide bonds. The number of carbonyl (C=O) groups is 1. The first-order valence-electron chi connectivity index (χ1n) is 9.55. The Morgan fingerprint density at radius 3 is 2.77 bits per heavy atom. The predicted molar refractivity (Wildman–Crippen MR) is 114 cm³/mol. The third-order valence-electron chi connectivity index (χ3n) is 5.40. The number of pyridine rings is 2. The van der Waals surface area contributed by atoms with Crippen LogP contribution in [0.15, 0.2) is 41.0 Å².